The van der Waals surface area contributed by atoms with E-state index in [1.165, 1.54) is 0 Å². The first-order chi connectivity index (χ1) is 16.6. The number of allylic oxidation sites excluding steroid dienone is 1. The summed E-state index contributed by atoms with van der Waals surface area (Å²) in [6.07, 6.45) is 3.27. The van der Waals surface area contributed by atoms with Gasteiger partial charge in [-0.15, -0.1) is 0 Å². The number of carbonyl (C=O) groups excluding carboxylic acids is 1. The molecule has 2 aromatic carbocycles. The third kappa shape index (κ3) is 5.43. The normalized spacial score (nSPS) is 22.6. The first kappa shape index (κ1) is 25.4. The number of dihydropyridines is 1. The molecule has 8 heteroatoms. The van der Waals surface area contributed by atoms with Gasteiger partial charge in [0.05, 0.1) is 5.75 Å². The van der Waals surface area contributed by atoms with Crippen LogP contribution in [0.2, 0.25) is 0 Å². The van der Waals surface area contributed by atoms with Gasteiger partial charge in [0.1, 0.15) is 17.7 Å². The van der Waals surface area contributed by atoms with E-state index < -0.39 is 39.7 Å². The third-order valence-electron chi connectivity index (χ3n) is 6.82. The maximum atomic E-state index is 14.4. The van der Waals surface area contributed by atoms with E-state index in [1.54, 1.807) is 31.3 Å². The maximum absolute atomic E-state index is 14.4. The SMILES string of the molecule is CCS(=O)(=O)N[C@H]1CCC2=C(C(=O)[C@@H](C(C)C)N=C2)[C@H]1Cc1cccc(-c2cc(F)ccc2F)c1. The fourth-order valence-corrected chi connectivity index (χ4v) is 5.88. The summed E-state index contributed by atoms with van der Waals surface area (Å²) in [5.41, 5.74) is 2.97. The minimum atomic E-state index is -3.50. The molecule has 0 radical (unpaired) electrons. The highest BCUT2D eigenvalue weighted by Gasteiger charge is 2.41. The molecule has 1 aliphatic carbocycles. The van der Waals surface area contributed by atoms with Crippen LogP contribution in [-0.4, -0.2) is 38.3 Å². The summed E-state index contributed by atoms with van der Waals surface area (Å²) in [7, 11) is -3.50. The Morgan fingerprint density at radius 2 is 1.91 bits per heavy atom. The van der Waals surface area contributed by atoms with Crippen LogP contribution in [-0.2, 0) is 21.2 Å². The number of nitrogens with one attached hydrogen (secondary N) is 1. The van der Waals surface area contributed by atoms with E-state index in [4.69, 9.17) is 0 Å². The second-order valence-electron chi connectivity index (χ2n) is 9.57. The van der Waals surface area contributed by atoms with E-state index in [2.05, 4.69) is 9.71 Å². The molecule has 1 N–H and O–H groups in total. The first-order valence-corrected chi connectivity index (χ1v) is 13.6. The Morgan fingerprint density at radius 1 is 1.14 bits per heavy atom. The topological polar surface area (TPSA) is 75.6 Å². The van der Waals surface area contributed by atoms with Gasteiger partial charge < -0.3 is 0 Å². The molecule has 0 saturated heterocycles. The summed E-state index contributed by atoms with van der Waals surface area (Å²) < 4.78 is 56.0. The number of carbonyl (C=O) groups is 1. The zero-order valence-corrected chi connectivity index (χ0v) is 20.9. The van der Waals surface area contributed by atoms with Crippen LogP contribution in [0.4, 0.5) is 8.78 Å². The van der Waals surface area contributed by atoms with Gasteiger partial charge in [0.2, 0.25) is 10.0 Å². The van der Waals surface area contributed by atoms with Gasteiger partial charge in [0.15, 0.2) is 5.78 Å². The van der Waals surface area contributed by atoms with Crippen molar-refractivity contribution in [3.8, 4) is 11.1 Å². The first-order valence-electron chi connectivity index (χ1n) is 11.9. The summed E-state index contributed by atoms with van der Waals surface area (Å²) >= 11 is 0. The second kappa shape index (κ2) is 10.1. The van der Waals surface area contributed by atoms with Crippen molar-refractivity contribution < 1.29 is 22.0 Å². The lowest BCUT2D eigenvalue weighted by atomic mass is 9.72. The van der Waals surface area contributed by atoms with Crippen molar-refractivity contribution in [1.29, 1.82) is 0 Å². The zero-order chi connectivity index (χ0) is 25.3. The molecule has 0 saturated carbocycles. The van der Waals surface area contributed by atoms with E-state index >= 15 is 0 Å². The molecule has 0 unspecified atom stereocenters. The summed E-state index contributed by atoms with van der Waals surface area (Å²) in [5.74, 6) is -1.56. The molecular formula is C27H30F2N2O3S. The average molecular weight is 501 g/mol. The van der Waals surface area contributed by atoms with Crippen molar-refractivity contribution in [2.75, 3.05) is 5.75 Å². The Labute approximate surface area is 205 Å². The molecule has 0 amide bonds. The Kier molecular flexibility index (Phi) is 7.33. The van der Waals surface area contributed by atoms with E-state index in [0.29, 0.717) is 30.4 Å². The number of hydrogen-bond acceptors (Lipinski definition) is 4. The highest BCUT2D eigenvalue weighted by atomic mass is 32.2. The molecule has 1 heterocycles. The Bertz CT molecular complexity index is 1300. The molecule has 0 fully saturated rings. The lowest BCUT2D eigenvalue weighted by Gasteiger charge is -2.37. The summed E-state index contributed by atoms with van der Waals surface area (Å²) in [5, 5.41) is 0. The van der Waals surface area contributed by atoms with Crippen molar-refractivity contribution in [3.05, 3.63) is 70.8 Å². The minimum absolute atomic E-state index is 0.0143. The van der Waals surface area contributed by atoms with Crippen LogP contribution in [0.5, 0.6) is 0 Å². The fourth-order valence-electron chi connectivity index (χ4n) is 4.97. The van der Waals surface area contributed by atoms with Gasteiger partial charge in [-0.1, -0.05) is 38.1 Å². The highest BCUT2D eigenvalue weighted by Crippen LogP contribution is 2.38. The highest BCUT2D eigenvalue weighted by molar-refractivity contribution is 7.89. The Hall–Kier alpha value is -2.71. The largest absolute Gasteiger partial charge is 0.292 e. The van der Waals surface area contributed by atoms with E-state index in [1.807, 2.05) is 19.9 Å². The van der Waals surface area contributed by atoms with Crippen molar-refractivity contribution >= 4 is 22.0 Å². The smallest absolute Gasteiger partial charge is 0.211 e. The molecule has 3 atom stereocenters. The van der Waals surface area contributed by atoms with Crippen LogP contribution in [0.3, 0.4) is 0 Å². The van der Waals surface area contributed by atoms with Crippen LogP contribution < -0.4 is 4.72 Å². The molecule has 1 aliphatic heterocycles. The molecular weight excluding hydrogens is 470 g/mol. The molecule has 186 valence electrons. The number of rotatable bonds is 7. The number of ketones is 1. The summed E-state index contributed by atoms with van der Waals surface area (Å²) in [6, 6.07) is 9.49. The van der Waals surface area contributed by atoms with Crippen LogP contribution >= 0.6 is 0 Å². The number of sulfonamides is 1. The number of hydrogen-bond donors (Lipinski definition) is 1. The van der Waals surface area contributed by atoms with Gasteiger partial charge in [-0.2, -0.15) is 0 Å². The van der Waals surface area contributed by atoms with Gasteiger partial charge >= 0.3 is 0 Å². The molecule has 2 aromatic rings. The third-order valence-corrected chi connectivity index (χ3v) is 8.24. The van der Waals surface area contributed by atoms with Crippen LogP contribution in [0.25, 0.3) is 11.1 Å². The summed E-state index contributed by atoms with van der Waals surface area (Å²) in [4.78, 5) is 18.0. The lowest BCUT2D eigenvalue weighted by Crippen LogP contribution is -2.48. The average Bonchev–Trinajstić information content (AvgIpc) is 2.82. The van der Waals surface area contributed by atoms with Crippen molar-refractivity contribution in [2.45, 2.75) is 52.1 Å². The molecule has 4 rings (SSSR count). The van der Waals surface area contributed by atoms with Crippen molar-refractivity contribution in [2.24, 2.45) is 16.8 Å². The van der Waals surface area contributed by atoms with Gasteiger partial charge in [-0.3, -0.25) is 9.79 Å². The zero-order valence-electron chi connectivity index (χ0n) is 20.1. The standard InChI is InChI=1S/C27H30F2N2O3S/c1-4-35(33,34)31-24-11-8-19-15-30-26(16(2)3)27(32)25(19)22(24)13-17-6-5-7-18(12-17)21-14-20(28)9-10-23(21)29/h5-7,9-10,12,14-16,22,24,26,31H,4,8,11,13H2,1-3H3/t22-,24-,26+/m0/s1. The van der Waals surface area contributed by atoms with Gasteiger partial charge in [0, 0.05) is 29.3 Å². The van der Waals surface area contributed by atoms with E-state index in [9.17, 15) is 22.0 Å². The van der Waals surface area contributed by atoms with Gasteiger partial charge in [-0.05, 0) is 67.0 Å². The molecule has 0 spiro atoms. The van der Waals surface area contributed by atoms with Gasteiger partial charge in [-0.25, -0.2) is 21.9 Å². The monoisotopic (exact) mass is 500 g/mol. The van der Waals surface area contributed by atoms with Gasteiger partial charge in [0.25, 0.3) is 0 Å². The summed E-state index contributed by atoms with van der Waals surface area (Å²) in [6.45, 7) is 5.46. The number of benzene rings is 2. The maximum Gasteiger partial charge on any atom is 0.211 e. The molecule has 5 nitrogen and oxygen atoms in total. The van der Waals surface area contributed by atoms with Crippen LogP contribution in [0, 0.1) is 23.5 Å². The quantitative estimate of drug-likeness (QED) is 0.590. The molecule has 2 aliphatic rings. The lowest BCUT2D eigenvalue weighted by molar-refractivity contribution is -0.118. The number of nitrogens with zero attached hydrogens (tertiary/aromatic N) is 1. The van der Waals surface area contributed by atoms with Crippen LogP contribution in [0.1, 0.15) is 39.2 Å². The van der Waals surface area contributed by atoms with Crippen molar-refractivity contribution in [1.82, 2.24) is 4.72 Å². The second-order valence-corrected chi connectivity index (χ2v) is 11.6. The Morgan fingerprint density at radius 3 is 2.63 bits per heavy atom. The number of aliphatic imine (C=N–C) groups is 1. The minimum Gasteiger partial charge on any atom is -0.292 e. The van der Waals surface area contributed by atoms with E-state index in [0.717, 1.165) is 29.3 Å². The fraction of sp³-hybridized carbons (Fsp3) is 0.407. The molecule has 35 heavy (non-hydrogen) atoms. The molecule has 0 bridgehead atoms. The number of Topliss-reactive ketones (excluding diaryl/α,β-unsaturated/α-hetero) is 1. The Balaban J connectivity index is 1.74. The molecule has 0 aromatic heterocycles. The van der Waals surface area contributed by atoms with E-state index in [-0.39, 0.29) is 23.0 Å². The van der Waals surface area contributed by atoms with Crippen molar-refractivity contribution in [3.63, 3.8) is 0 Å². The van der Waals surface area contributed by atoms with Crippen LogP contribution in [0.15, 0.2) is 58.6 Å². The number of halogens is 2. The predicted octanol–water partition coefficient (Wildman–Crippen LogP) is 4.87. The predicted molar refractivity (Wildman–Crippen MR) is 134 cm³/mol.